The van der Waals surface area contributed by atoms with Crippen molar-refractivity contribution in [3.8, 4) is 0 Å². The summed E-state index contributed by atoms with van der Waals surface area (Å²) in [6.45, 7) is 9.43. The van der Waals surface area contributed by atoms with Gasteiger partial charge in [0.05, 0.1) is 5.56 Å². The first kappa shape index (κ1) is 18.3. The first-order valence-electron chi connectivity index (χ1n) is 8.83. The molecule has 1 aromatic rings. The van der Waals surface area contributed by atoms with E-state index in [0.29, 0.717) is 0 Å². The SMILES string of the molecule is CC(C)NC(=O)c1ccccc1N1CCC(NC(=O)C(C)C)CC1. The van der Waals surface area contributed by atoms with E-state index < -0.39 is 0 Å². The molecule has 0 saturated carbocycles. The summed E-state index contributed by atoms with van der Waals surface area (Å²) in [5, 5.41) is 6.07. The van der Waals surface area contributed by atoms with Gasteiger partial charge in [-0.25, -0.2) is 0 Å². The second-order valence-corrected chi connectivity index (χ2v) is 7.07. The van der Waals surface area contributed by atoms with Crippen molar-refractivity contribution < 1.29 is 9.59 Å². The zero-order valence-corrected chi connectivity index (χ0v) is 15.1. The molecule has 1 fully saturated rings. The van der Waals surface area contributed by atoms with E-state index in [1.807, 2.05) is 52.0 Å². The summed E-state index contributed by atoms with van der Waals surface area (Å²) in [6, 6.07) is 8.08. The van der Waals surface area contributed by atoms with Gasteiger partial charge in [0.15, 0.2) is 0 Å². The third-order valence-corrected chi connectivity index (χ3v) is 4.27. The van der Waals surface area contributed by atoms with Crippen LogP contribution >= 0.6 is 0 Å². The van der Waals surface area contributed by atoms with Crippen LogP contribution in [0.1, 0.15) is 50.9 Å². The molecule has 0 atom stereocenters. The van der Waals surface area contributed by atoms with E-state index in [-0.39, 0.29) is 29.8 Å². The Labute approximate surface area is 144 Å². The van der Waals surface area contributed by atoms with Crippen LogP contribution < -0.4 is 15.5 Å². The summed E-state index contributed by atoms with van der Waals surface area (Å²) in [7, 11) is 0. The maximum absolute atomic E-state index is 12.4. The number of benzene rings is 1. The Morgan fingerprint density at radius 2 is 1.71 bits per heavy atom. The molecule has 24 heavy (non-hydrogen) atoms. The number of anilines is 1. The average molecular weight is 331 g/mol. The van der Waals surface area contributed by atoms with Crippen molar-refractivity contribution in [2.75, 3.05) is 18.0 Å². The van der Waals surface area contributed by atoms with E-state index in [1.54, 1.807) is 0 Å². The molecule has 1 heterocycles. The number of piperidine rings is 1. The van der Waals surface area contributed by atoms with Crippen LogP contribution in [0, 0.1) is 5.92 Å². The summed E-state index contributed by atoms with van der Waals surface area (Å²) in [5.41, 5.74) is 1.69. The van der Waals surface area contributed by atoms with Crippen molar-refractivity contribution >= 4 is 17.5 Å². The van der Waals surface area contributed by atoms with E-state index in [1.165, 1.54) is 0 Å². The number of nitrogens with zero attached hydrogens (tertiary/aromatic N) is 1. The highest BCUT2D eigenvalue weighted by Crippen LogP contribution is 2.24. The van der Waals surface area contributed by atoms with Crippen LogP contribution in [-0.4, -0.2) is 37.0 Å². The van der Waals surface area contributed by atoms with Crippen LogP contribution in [0.5, 0.6) is 0 Å². The first-order valence-corrected chi connectivity index (χ1v) is 8.83. The summed E-state index contributed by atoms with van der Waals surface area (Å²) in [5.74, 6) is 0.101. The molecule has 1 saturated heterocycles. The Hall–Kier alpha value is -2.04. The van der Waals surface area contributed by atoms with Crippen LogP contribution in [0.3, 0.4) is 0 Å². The summed E-state index contributed by atoms with van der Waals surface area (Å²) >= 11 is 0. The lowest BCUT2D eigenvalue weighted by atomic mass is 10.0. The number of para-hydroxylation sites is 1. The van der Waals surface area contributed by atoms with Crippen LogP contribution in [0.2, 0.25) is 0 Å². The smallest absolute Gasteiger partial charge is 0.253 e. The van der Waals surface area contributed by atoms with Crippen molar-refractivity contribution in [1.29, 1.82) is 0 Å². The Morgan fingerprint density at radius 3 is 2.29 bits per heavy atom. The first-order chi connectivity index (χ1) is 11.4. The Morgan fingerprint density at radius 1 is 1.08 bits per heavy atom. The normalized spacial score (nSPS) is 15.7. The van der Waals surface area contributed by atoms with Crippen molar-refractivity contribution in [1.82, 2.24) is 10.6 Å². The molecule has 2 N–H and O–H groups in total. The monoisotopic (exact) mass is 331 g/mol. The predicted octanol–water partition coefficient (Wildman–Crippen LogP) is 2.57. The molecule has 1 aliphatic rings. The fourth-order valence-corrected chi connectivity index (χ4v) is 2.91. The van der Waals surface area contributed by atoms with Gasteiger partial charge >= 0.3 is 0 Å². The fraction of sp³-hybridized carbons (Fsp3) is 0.579. The molecule has 1 aromatic carbocycles. The third-order valence-electron chi connectivity index (χ3n) is 4.27. The molecule has 5 heteroatoms. The van der Waals surface area contributed by atoms with Gasteiger partial charge in [-0.15, -0.1) is 0 Å². The van der Waals surface area contributed by atoms with Crippen molar-refractivity contribution in [2.45, 2.75) is 52.6 Å². The maximum atomic E-state index is 12.4. The number of nitrogens with one attached hydrogen (secondary N) is 2. The lowest BCUT2D eigenvalue weighted by molar-refractivity contribution is -0.124. The number of rotatable bonds is 5. The van der Waals surface area contributed by atoms with Crippen molar-refractivity contribution in [2.24, 2.45) is 5.92 Å². The molecule has 1 aliphatic heterocycles. The van der Waals surface area contributed by atoms with Gasteiger partial charge in [0, 0.05) is 36.8 Å². The molecule has 0 radical (unpaired) electrons. The number of hydrogen-bond acceptors (Lipinski definition) is 3. The highest BCUT2D eigenvalue weighted by molar-refractivity contribution is 6.00. The van der Waals surface area contributed by atoms with E-state index in [9.17, 15) is 9.59 Å². The minimum Gasteiger partial charge on any atom is -0.371 e. The lowest BCUT2D eigenvalue weighted by Gasteiger charge is -2.35. The van der Waals surface area contributed by atoms with Gasteiger partial charge in [-0.1, -0.05) is 26.0 Å². The van der Waals surface area contributed by atoms with E-state index in [0.717, 1.165) is 37.2 Å². The molecular formula is C19H29N3O2. The van der Waals surface area contributed by atoms with Gasteiger partial charge in [0.1, 0.15) is 0 Å². The minimum atomic E-state index is -0.0316. The standard InChI is InChI=1S/C19H29N3O2/c1-13(2)18(23)21-15-9-11-22(12-10-15)17-8-6-5-7-16(17)19(24)20-14(3)4/h5-8,13-15H,9-12H2,1-4H3,(H,20,24)(H,21,23). The maximum Gasteiger partial charge on any atom is 0.253 e. The zero-order chi connectivity index (χ0) is 17.7. The summed E-state index contributed by atoms with van der Waals surface area (Å²) in [6.07, 6.45) is 1.80. The van der Waals surface area contributed by atoms with Gasteiger partial charge in [-0.05, 0) is 38.8 Å². The Balaban J connectivity index is 2.02. The van der Waals surface area contributed by atoms with E-state index in [2.05, 4.69) is 15.5 Å². The van der Waals surface area contributed by atoms with Gasteiger partial charge in [0.25, 0.3) is 5.91 Å². The highest BCUT2D eigenvalue weighted by atomic mass is 16.2. The number of carbonyl (C=O) groups excluding carboxylic acids is 2. The Kier molecular flexibility index (Phi) is 6.23. The van der Waals surface area contributed by atoms with Gasteiger partial charge in [0.2, 0.25) is 5.91 Å². The van der Waals surface area contributed by atoms with Crippen LogP contribution in [0.25, 0.3) is 0 Å². The predicted molar refractivity (Wildman–Crippen MR) is 97.3 cm³/mol. The zero-order valence-electron chi connectivity index (χ0n) is 15.1. The Bertz CT molecular complexity index is 576. The average Bonchev–Trinajstić information content (AvgIpc) is 2.55. The van der Waals surface area contributed by atoms with Crippen molar-refractivity contribution in [3.05, 3.63) is 29.8 Å². The number of hydrogen-bond donors (Lipinski definition) is 2. The molecule has 0 aliphatic carbocycles. The van der Waals surface area contributed by atoms with E-state index in [4.69, 9.17) is 0 Å². The second kappa shape index (κ2) is 8.18. The largest absolute Gasteiger partial charge is 0.371 e. The molecule has 2 rings (SSSR count). The van der Waals surface area contributed by atoms with Crippen LogP contribution in [0.4, 0.5) is 5.69 Å². The molecule has 132 valence electrons. The fourth-order valence-electron chi connectivity index (χ4n) is 2.91. The molecule has 0 unspecified atom stereocenters. The third kappa shape index (κ3) is 4.73. The summed E-state index contributed by atoms with van der Waals surface area (Å²) < 4.78 is 0. The highest BCUT2D eigenvalue weighted by Gasteiger charge is 2.24. The topological polar surface area (TPSA) is 61.4 Å². The van der Waals surface area contributed by atoms with Gasteiger partial charge in [-0.3, -0.25) is 9.59 Å². The molecule has 0 spiro atoms. The molecule has 0 aromatic heterocycles. The minimum absolute atomic E-state index is 0.0171. The molecule has 2 amide bonds. The number of amides is 2. The van der Waals surface area contributed by atoms with Crippen LogP contribution in [0.15, 0.2) is 24.3 Å². The molecule has 0 bridgehead atoms. The lowest BCUT2D eigenvalue weighted by Crippen LogP contribution is -2.46. The van der Waals surface area contributed by atoms with Gasteiger partial charge < -0.3 is 15.5 Å². The van der Waals surface area contributed by atoms with Crippen molar-refractivity contribution in [3.63, 3.8) is 0 Å². The quantitative estimate of drug-likeness (QED) is 0.872. The molecule has 5 nitrogen and oxygen atoms in total. The molecular weight excluding hydrogens is 302 g/mol. The van der Waals surface area contributed by atoms with Crippen LogP contribution in [-0.2, 0) is 4.79 Å². The second-order valence-electron chi connectivity index (χ2n) is 7.07. The van der Waals surface area contributed by atoms with E-state index >= 15 is 0 Å². The number of carbonyl (C=O) groups is 2. The summed E-state index contributed by atoms with van der Waals surface area (Å²) in [4.78, 5) is 26.5. The van der Waals surface area contributed by atoms with Gasteiger partial charge in [-0.2, -0.15) is 0 Å².